The summed E-state index contributed by atoms with van der Waals surface area (Å²) in [6.07, 6.45) is 2.11. The smallest absolute Gasteiger partial charge is 0.328 e. The minimum absolute atomic E-state index is 0.0531. The maximum Gasteiger partial charge on any atom is 0.328 e. The Kier molecular flexibility index (Phi) is 13.5. The van der Waals surface area contributed by atoms with Crippen molar-refractivity contribution in [2.24, 2.45) is 5.92 Å². The molecule has 3 N–H and O–H groups in total. The van der Waals surface area contributed by atoms with E-state index >= 15 is 0 Å². The van der Waals surface area contributed by atoms with E-state index in [4.69, 9.17) is 9.47 Å². The molecule has 0 aliphatic heterocycles. The largest absolute Gasteiger partial charge is 0.466 e. The maximum atomic E-state index is 13.2. The number of hydrogen-bond acceptors (Lipinski definition) is 7. The van der Waals surface area contributed by atoms with Crippen LogP contribution in [0.25, 0.3) is 6.08 Å². The van der Waals surface area contributed by atoms with Crippen molar-refractivity contribution in [2.45, 2.75) is 52.6 Å². The van der Waals surface area contributed by atoms with Gasteiger partial charge in [0.1, 0.15) is 12.1 Å². The van der Waals surface area contributed by atoms with Gasteiger partial charge in [-0.15, -0.1) is 0 Å². The highest BCUT2D eigenvalue weighted by atomic mass is 19.2. The minimum Gasteiger partial charge on any atom is -0.466 e. The Balaban J connectivity index is 2.71. The van der Waals surface area contributed by atoms with Crippen molar-refractivity contribution < 1.29 is 42.2 Å². The normalized spacial score (nSPS) is 12.5. The highest BCUT2D eigenvalue weighted by Crippen LogP contribution is 2.10. The van der Waals surface area contributed by atoms with Crippen LogP contribution in [0.3, 0.4) is 0 Å². The highest BCUT2D eigenvalue weighted by molar-refractivity contribution is 5.95. The zero-order valence-corrected chi connectivity index (χ0v) is 21.3. The van der Waals surface area contributed by atoms with Gasteiger partial charge in [0.2, 0.25) is 17.7 Å². The number of nitrogens with one attached hydrogen (secondary N) is 3. The van der Waals surface area contributed by atoms with Crippen LogP contribution in [0.15, 0.2) is 24.3 Å². The van der Waals surface area contributed by atoms with Crippen LogP contribution in [0, 0.1) is 17.6 Å². The quantitative estimate of drug-likeness (QED) is 0.248. The van der Waals surface area contributed by atoms with E-state index in [9.17, 15) is 32.8 Å². The van der Waals surface area contributed by atoms with Gasteiger partial charge in [-0.05, 0) is 50.0 Å². The van der Waals surface area contributed by atoms with E-state index < -0.39 is 59.9 Å². The Hall–Kier alpha value is -3.83. The van der Waals surface area contributed by atoms with Gasteiger partial charge in [0, 0.05) is 12.5 Å². The highest BCUT2D eigenvalue weighted by Gasteiger charge is 2.30. The van der Waals surface area contributed by atoms with E-state index in [1.54, 1.807) is 27.7 Å². The van der Waals surface area contributed by atoms with Gasteiger partial charge in [-0.2, -0.15) is 0 Å². The number of amides is 3. The number of hydrogen-bond donors (Lipinski definition) is 3. The lowest BCUT2D eigenvalue weighted by molar-refractivity contribution is -0.149. The molecule has 0 aliphatic rings. The fourth-order valence-corrected chi connectivity index (χ4v) is 3.02. The number of benzene rings is 1. The van der Waals surface area contributed by atoms with Gasteiger partial charge in [0.25, 0.3) is 0 Å². The Morgan fingerprint density at radius 3 is 2.24 bits per heavy atom. The second kappa shape index (κ2) is 16.0. The number of ether oxygens (including phenoxy) is 2. The van der Waals surface area contributed by atoms with Gasteiger partial charge in [-0.3, -0.25) is 19.2 Å². The summed E-state index contributed by atoms with van der Waals surface area (Å²) in [4.78, 5) is 61.1. The number of rotatable bonds is 14. The minimum atomic E-state index is -1.13. The molecule has 204 valence electrons. The summed E-state index contributed by atoms with van der Waals surface area (Å²) in [5.74, 6) is -5.76. The first kappa shape index (κ1) is 31.2. The fraction of sp³-hybridized carbons (Fsp3) is 0.480. The van der Waals surface area contributed by atoms with E-state index in [1.807, 2.05) is 0 Å². The second-order valence-corrected chi connectivity index (χ2v) is 8.17. The van der Waals surface area contributed by atoms with Crippen LogP contribution in [0.4, 0.5) is 8.78 Å². The average Bonchev–Trinajstić information content (AvgIpc) is 2.84. The van der Waals surface area contributed by atoms with Gasteiger partial charge < -0.3 is 25.4 Å². The molecule has 0 unspecified atom stereocenters. The molecule has 2 atom stereocenters. The van der Waals surface area contributed by atoms with Crippen molar-refractivity contribution in [2.75, 3.05) is 19.8 Å². The summed E-state index contributed by atoms with van der Waals surface area (Å²) in [6.45, 7) is 6.36. The zero-order valence-electron chi connectivity index (χ0n) is 21.3. The maximum absolute atomic E-state index is 13.2. The lowest BCUT2D eigenvalue weighted by Crippen LogP contribution is -2.55. The molecule has 0 heterocycles. The van der Waals surface area contributed by atoms with Crippen LogP contribution in [0.2, 0.25) is 0 Å². The average molecular weight is 526 g/mol. The predicted octanol–water partition coefficient (Wildman–Crippen LogP) is 1.63. The molecular weight excluding hydrogens is 492 g/mol. The van der Waals surface area contributed by atoms with Crippen LogP contribution in [0.1, 0.15) is 46.1 Å². The van der Waals surface area contributed by atoms with Gasteiger partial charge in [0.05, 0.1) is 19.8 Å². The van der Waals surface area contributed by atoms with E-state index in [-0.39, 0.29) is 37.5 Å². The first-order chi connectivity index (χ1) is 17.5. The van der Waals surface area contributed by atoms with E-state index in [2.05, 4.69) is 16.0 Å². The van der Waals surface area contributed by atoms with Gasteiger partial charge in [-0.1, -0.05) is 19.9 Å². The Bertz CT molecular complexity index is 998. The topological polar surface area (TPSA) is 140 Å². The first-order valence-electron chi connectivity index (χ1n) is 11.8. The van der Waals surface area contributed by atoms with Gasteiger partial charge >= 0.3 is 11.9 Å². The molecule has 0 bridgehead atoms. The molecule has 0 aliphatic carbocycles. The SMILES string of the molecule is CCOC(=O)CC[C@@H](NC(=O)[C@@H](NC(=O)CNC(=O)/C=C/c1ccc(F)c(F)c1)C(C)C)C(=O)OCC. The summed E-state index contributed by atoms with van der Waals surface area (Å²) in [6, 6.07) is 0.920. The number of carbonyl (C=O) groups is 5. The van der Waals surface area contributed by atoms with E-state index in [1.165, 1.54) is 12.1 Å². The summed E-state index contributed by atoms with van der Waals surface area (Å²) < 4.78 is 36.0. The van der Waals surface area contributed by atoms with E-state index in [0.29, 0.717) is 0 Å². The van der Waals surface area contributed by atoms with Crippen molar-refractivity contribution in [3.8, 4) is 0 Å². The molecule has 1 rings (SSSR count). The summed E-state index contributed by atoms with van der Waals surface area (Å²) in [7, 11) is 0. The standard InChI is InChI=1S/C25H33F2N3O7/c1-5-36-22(33)12-10-19(25(35)37-6-2)29-24(34)23(15(3)4)30-21(32)14-28-20(31)11-8-16-7-9-17(26)18(27)13-16/h7-9,11,13,15,19,23H,5-6,10,12,14H2,1-4H3,(H,28,31)(H,29,34)(H,30,32)/b11-8+/t19-,23+/m1/s1. The molecule has 10 nitrogen and oxygen atoms in total. The zero-order chi connectivity index (χ0) is 28.0. The summed E-state index contributed by atoms with van der Waals surface area (Å²) in [5.41, 5.74) is 0.245. The molecule has 0 aromatic heterocycles. The lowest BCUT2D eigenvalue weighted by Gasteiger charge is -2.24. The summed E-state index contributed by atoms with van der Waals surface area (Å²) >= 11 is 0. The molecule has 1 aromatic rings. The molecule has 3 amide bonds. The predicted molar refractivity (Wildman–Crippen MR) is 130 cm³/mol. The molecule has 0 saturated carbocycles. The van der Waals surface area contributed by atoms with Crippen LogP contribution >= 0.6 is 0 Å². The van der Waals surface area contributed by atoms with Crippen LogP contribution < -0.4 is 16.0 Å². The van der Waals surface area contributed by atoms with Crippen LogP contribution in [-0.4, -0.2) is 61.5 Å². The third kappa shape index (κ3) is 11.6. The monoisotopic (exact) mass is 525 g/mol. The number of esters is 2. The third-order valence-corrected chi connectivity index (χ3v) is 4.89. The summed E-state index contributed by atoms with van der Waals surface area (Å²) in [5, 5.41) is 7.32. The number of halogens is 2. The lowest BCUT2D eigenvalue weighted by atomic mass is 10.0. The first-order valence-corrected chi connectivity index (χ1v) is 11.8. The molecule has 0 fully saturated rings. The fourth-order valence-electron chi connectivity index (χ4n) is 3.02. The third-order valence-electron chi connectivity index (χ3n) is 4.89. The molecule has 0 spiro atoms. The molecular formula is C25H33F2N3O7. The van der Waals surface area contributed by atoms with Crippen molar-refractivity contribution >= 4 is 35.7 Å². The van der Waals surface area contributed by atoms with Gasteiger partial charge in [0.15, 0.2) is 11.6 Å². The van der Waals surface area contributed by atoms with Crippen molar-refractivity contribution in [1.82, 2.24) is 16.0 Å². The molecule has 37 heavy (non-hydrogen) atoms. The Morgan fingerprint density at radius 1 is 0.973 bits per heavy atom. The van der Waals surface area contributed by atoms with Crippen LogP contribution in [0.5, 0.6) is 0 Å². The second-order valence-electron chi connectivity index (χ2n) is 8.17. The van der Waals surface area contributed by atoms with Crippen molar-refractivity contribution in [3.63, 3.8) is 0 Å². The molecule has 12 heteroatoms. The van der Waals surface area contributed by atoms with Gasteiger partial charge in [-0.25, -0.2) is 13.6 Å². The Morgan fingerprint density at radius 2 is 1.65 bits per heavy atom. The number of carbonyl (C=O) groups excluding carboxylic acids is 5. The molecule has 0 saturated heterocycles. The molecule has 0 radical (unpaired) electrons. The van der Waals surface area contributed by atoms with Crippen molar-refractivity contribution in [3.05, 3.63) is 41.5 Å². The van der Waals surface area contributed by atoms with Crippen LogP contribution in [-0.2, 0) is 33.4 Å². The molecule has 1 aromatic carbocycles. The Labute approximate surface area is 214 Å². The van der Waals surface area contributed by atoms with Crippen molar-refractivity contribution in [1.29, 1.82) is 0 Å². The van der Waals surface area contributed by atoms with E-state index in [0.717, 1.165) is 18.2 Å².